The topological polar surface area (TPSA) is 65.5 Å². The number of anilines is 1. The maximum atomic E-state index is 13.1. The maximum Gasteiger partial charge on any atom is 0.253 e. The average Bonchev–Trinajstić information content (AvgIpc) is 2.96. The van der Waals surface area contributed by atoms with E-state index in [9.17, 15) is 9.59 Å². The molecule has 2 heterocycles. The van der Waals surface area contributed by atoms with Crippen molar-refractivity contribution in [2.45, 2.75) is 25.8 Å². The van der Waals surface area contributed by atoms with E-state index in [2.05, 4.69) is 33.4 Å². The highest BCUT2D eigenvalue weighted by Gasteiger charge is 2.23. The zero-order chi connectivity index (χ0) is 25.6. The number of nitrogens with zero attached hydrogens (tertiary/aromatic N) is 3. The van der Waals surface area contributed by atoms with Crippen LogP contribution < -0.4 is 10.2 Å². The van der Waals surface area contributed by atoms with Crippen LogP contribution in [0, 0.1) is 0 Å². The molecule has 1 unspecified atom stereocenters. The summed E-state index contributed by atoms with van der Waals surface area (Å²) in [6.45, 7) is 4.70. The maximum absolute atomic E-state index is 13.1. The van der Waals surface area contributed by atoms with Gasteiger partial charge in [0, 0.05) is 44.0 Å². The van der Waals surface area contributed by atoms with Gasteiger partial charge in [-0.05, 0) is 60.4 Å². The molecule has 0 aliphatic carbocycles. The Hall–Kier alpha value is -4.19. The number of hydrogen-bond donors (Lipinski definition) is 1. The summed E-state index contributed by atoms with van der Waals surface area (Å²) in [5, 5.41) is 5.28. The smallest absolute Gasteiger partial charge is 0.253 e. The molecule has 4 aromatic rings. The molecular formula is C31H32N4O2. The zero-order valence-electron chi connectivity index (χ0n) is 21.1. The van der Waals surface area contributed by atoms with E-state index in [1.54, 1.807) is 6.20 Å². The first-order valence-corrected chi connectivity index (χ1v) is 12.9. The van der Waals surface area contributed by atoms with Crippen molar-refractivity contribution >= 4 is 28.4 Å². The summed E-state index contributed by atoms with van der Waals surface area (Å²) in [6.07, 6.45) is 3.44. The lowest BCUT2D eigenvalue weighted by atomic mass is 10.1. The van der Waals surface area contributed by atoms with Crippen molar-refractivity contribution < 1.29 is 9.59 Å². The number of aromatic nitrogens is 1. The van der Waals surface area contributed by atoms with Crippen LogP contribution in [0.2, 0.25) is 0 Å². The van der Waals surface area contributed by atoms with Crippen molar-refractivity contribution in [3.63, 3.8) is 0 Å². The lowest BCUT2D eigenvalue weighted by Gasteiger charge is -2.35. The minimum atomic E-state index is -0.106. The standard InChI is InChI=1S/C31H32N4O2/c1-23(11-12-24-7-3-2-4-8-24)33-30(36)28-15-16-29(32-22-28)34-17-19-35(20-18-34)31(37)27-14-13-25-9-5-6-10-26(25)21-27/h2-10,13-16,21-23H,11-12,17-20H2,1H3,(H,33,36). The van der Waals surface area contributed by atoms with Gasteiger partial charge in [-0.25, -0.2) is 4.98 Å². The van der Waals surface area contributed by atoms with Crippen LogP contribution in [0.4, 0.5) is 5.82 Å². The lowest BCUT2D eigenvalue weighted by molar-refractivity contribution is 0.0746. The zero-order valence-corrected chi connectivity index (χ0v) is 21.1. The van der Waals surface area contributed by atoms with Gasteiger partial charge in [-0.2, -0.15) is 0 Å². The summed E-state index contributed by atoms with van der Waals surface area (Å²) >= 11 is 0. The molecule has 0 bridgehead atoms. The summed E-state index contributed by atoms with van der Waals surface area (Å²) in [5.74, 6) is 0.781. The molecule has 1 aliphatic heterocycles. The molecule has 0 radical (unpaired) electrons. The van der Waals surface area contributed by atoms with Gasteiger partial charge in [0.1, 0.15) is 5.82 Å². The van der Waals surface area contributed by atoms with Crippen molar-refractivity contribution in [1.29, 1.82) is 0 Å². The molecule has 1 aliphatic rings. The fourth-order valence-electron chi connectivity index (χ4n) is 4.76. The van der Waals surface area contributed by atoms with Crippen LogP contribution in [0.1, 0.15) is 39.6 Å². The molecule has 37 heavy (non-hydrogen) atoms. The molecule has 1 atom stereocenters. The van der Waals surface area contributed by atoms with Crippen LogP contribution in [0.3, 0.4) is 0 Å². The Morgan fingerprint density at radius 2 is 1.54 bits per heavy atom. The van der Waals surface area contributed by atoms with E-state index in [-0.39, 0.29) is 17.9 Å². The first kappa shape index (κ1) is 24.5. The molecule has 6 nitrogen and oxygen atoms in total. The summed E-state index contributed by atoms with van der Waals surface area (Å²) in [7, 11) is 0. The predicted octanol–water partition coefficient (Wildman–Crippen LogP) is 4.95. The highest BCUT2D eigenvalue weighted by Crippen LogP contribution is 2.19. The molecule has 6 heteroatoms. The second kappa shape index (κ2) is 11.2. The largest absolute Gasteiger partial charge is 0.353 e. The number of carbonyl (C=O) groups is 2. The van der Waals surface area contributed by atoms with E-state index < -0.39 is 0 Å². The molecule has 1 saturated heterocycles. The molecule has 188 valence electrons. The third-order valence-electron chi connectivity index (χ3n) is 6.98. The molecule has 0 spiro atoms. The third-order valence-corrected chi connectivity index (χ3v) is 6.98. The molecule has 5 rings (SSSR count). The highest BCUT2D eigenvalue weighted by molar-refractivity contribution is 5.98. The normalized spacial score (nSPS) is 14.4. The lowest BCUT2D eigenvalue weighted by Crippen LogP contribution is -2.49. The summed E-state index contributed by atoms with van der Waals surface area (Å²) < 4.78 is 0. The van der Waals surface area contributed by atoms with E-state index in [0.29, 0.717) is 31.7 Å². The second-order valence-electron chi connectivity index (χ2n) is 9.65. The fraction of sp³-hybridized carbons (Fsp3) is 0.258. The minimum Gasteiger partial charge on any atom is -0.353 e. The van der Waals surface area contributed by atoms with Crippen LogP contribution in [0.5, 0.6) is 0 Å². The fourth-order valence-corrected chi connectivity index (χ4v) is 4.76. The number of nitrogens with one attached hydrogen (secondary N) is 1. The van der Waals surface area contributed by atoms with Crippen molar-refractivity contribution in [3.05, 3.63) is 108 Å². The van der Waals surface area contributed by atoms with E-state index in [0.717, 1.165) is 35.0 Å². The molecular weight excluding hydrogens is 460 g/mol. The van der Waals surface area contributed by atoms with Gasteiger partial charge < -0.3 is 15.1 Å². The molecule has 1 aromatic heterocycles. The van der Waals surface area contributed by atoms with E-state index in [1.807, 2.05) is 78.6 Å². The number of aryl methyl sites for hydroxylation is 1. The Balaban J connectivity index is 1.12. The number of amides is 2. The molecule has 1 fully saturated rings. The Kier molecular flexibility index (Phi) is 7.45. The molecule has 1 N–H and O–H groups in total. The van der Waals surface area contributed by atoms with Crippen molar-refractivity contribution in [3.8, 4) is 0 Å². The van der Waals surface area contributed by atoms with Gasteiger partial charge in [-0.1, -0.05) is 60.7 Å². The molecule has 0 saturated carbocycles. The summed E-state index contributed by atoms with van der Waals surface area (Å²) in [6, 6.07) is 28.1. The number of pyridine rings is 1. The summed E-state index contributed by atoms with van der Waals surface area (Å²) in [4.78, 5) is 34.4. The molecule has 2 amide bonds. The minimum absolute atomic E-state index is 0.0618. The number of carbonyl (C=O) groups excluding carboxylic acids is 2. The summed E-state index contributed by atoms with van der Waals surface area (Å²) in [5.41, 5.74) is 2.55. The second-order valence-corrected chi connectivity index (χ2v) is 9.65. The highest BCUT2D eigenvalue weighted by atomic mass is 16.2. The number of rotatable bonds is 7. The predicted molar refractivity (Wildman–Crippen MR) is 148 cm³/mol. The number of benzene rings is 3. The Labute approximate surface area is 217 Å². The average molecular weight is 493 g/mol. The number of hydrogen-bond acceptors (Lipinski definition) is 4. The van der Waals surface area contributed by atoms with Gasteiger partial charge in [0.15, 0.2) is 0 Å². The van der Waals surface area contributed by atoms with Crippen LogP contribution >= 0.6 is 0 Å². The van der Waals surface area contributed by atoms with Crippen molar-refractivity contribution in [2.24, 2.45) is 0 Å². The van der Waals surface area contributed by atoms with Gasteiger partial charge in [0.05, 0.1) is 5.56 Å². The van der Waals surface area contributed by atoms with E-state index in [4.69, 9.17) is 0 Å². The first-order chi connectivity index (χ1) is 18.1. The van der Waals surface area contributed by atoms with Crippen molar-refractivity contribution in [1.82, 2.24) is 15.2 Å². The Morgan fingerprint density at radius 1 is 0.838 bits per heavy atom. The van der Waals surface area contributed by atoms with Crippen LogP contribution in [0.25, 0.3) is 10.8 Å². The van der Waals surface area contributed by atoms with Gasteiger partial charge in [-0.3, -0.25) is 9.59 Å². The monoisotopic (exact) mass is 492 g/mol. The SMILES string of the molecule is CC(CCc1ccccc1)NC(=O)c1ccc(N2CCN(C(=O)c3ccc4ccccc4c3)CC2)nc1. The van der Waals surface area contributed by atoms with Crippen LogP contribution in [0.15, 0.2) is 91.1 Å². The number of fused-ring (bicyclic) bond motifs is 1. The van der Waals surface area contributed by atoms with Crippen LogP contribution in [-0.4, -0.2) is 53.9 Å². The van der Waals surface area contributed by atoms with Gasteiger partial charge in [0.2, 0.25) is 0 Å². The van der Waals surface area contributed by atoms with E-state index in [1.165, 1.54) is 5.56 Å². The Bertz CT molecular complexity index is 1360. The number of piperazine rings is 1. The van der Waals surface area contributed by atoms with Gasteiger partial charge in [-0.15, -0.1) is 0 Å². The van der Waals surface area contributed by atoms with Gasteiger partial charge >= 0.3 is 0 Å². The van der Waals surface area contributed by atoms with Gasteiger partial charge in [0.25, 0.3) is 11.8 Å². The first-order valence-electron chi connectivity index (χ1n) is 12.9. The quantitative estimate of drug-likeness (QED) is 0.397. The molecule has 3 aromatic carbocycles. The van der Waals surface area contributed by atoms with E-state index >= 15 is 0 Å². The Morgan fingerprint density at radius 3 is 2.27 bits per heavy atom. The van der Waals surface area contributed by atoms with Crippen LogP contribution in [-0.2, 0) is 6.42 Å². The van der Waals surface area contributed by atoms with Crippen molar-refractivity contribution in [2.75, 3.05) is 31.1 Å². The third kappa shape index (κ3) is 5.97.